The molecule has 1 amide bonds. The normalized spacial score (nSPS) is 13.8. The van der Waals surface area contributed by atoms with Crippen molar-refractivity contribution in [2.24, 2.45) is 5.92 Å². The number of fused-ring (bicyclic) bond motifs is 1. The molecule has 0 unspecified atom stereocenters. The van der Waals surface area contributed by atoms with Gasteiger partial charge in [0.1, 0.15) is 11.5 Å². The number of hydrogen-bond donors (Lipinski definition) is 2. The summed E-state index contributed by atoms with van der Waals surface area (Å²) in [7, 11) is 0. The maximum Gasteiger partial charge on any atom is 0.272 e. The predicted octanol–water partition coefficient (Wildman–Crippen LogP) is 4.78. The molecule has 0 bridgehead atoms. The van der Waals surface area contributed by atoms with Gasteiger partial charge in [-0.05, 0) is 62.1 Å². The van der Waals surface area contributed by atoms with E-state index < -0.39 is 0 Å². The van der Waals surface area contributed by atoms with Gasteiger partial charge in [0.25, 0.3) is 5.91 Å². The molecule has 1 fully saturated rings. The minimum Gasteiger partial charge on any atom is -0.370 e. The number of carbonyl (C=O) groups excluding carboxylic acids is 1. The van der Waals surface area contributed by atoms with Crippen LogP contribution in [0.5, 0.6) is 0 Å². The first kappa shape index (κ1) is 16.9. The Kier molecular flexibility index (Phi) is 4.55. The molecule has 2 aromatic heterocycles. The molecular formula is C20H21ClN4O. The van der Waals surface area contributed by atoms with E-state index in [0.717, 1.165) is 29.2 Å². The summed E-state index contributed by atoms with van der Waals surface area (Å²) < 4.78 is 1.99. The van der Waals surface area contributed by atoms with Gasteiger partial charge in [-0.3, -0.25) is 4.79 Å². The van der Waals surface area contributed by atoms with Crippen molar-refractivity contribution >= 4 is 39.9 Å². The van der Waals surface area contributed by atoms with Crippen LogP contribution in [-0.4, -0.2) is 22.0 Å². The molecule has 5 nitrogen and oxygen atoms in total. The van der Waals surface area contributed by atoms with E-state index >= 15 is 0 Å². The zero-order valence-corrected chi connectivity index (χ0v) is 15.4. The fourth-order valence-corrected chi connectivity index (χ4v) is 3.29. The zero-order valence-electron chi connectivity index (χ0n) is 14.6. The van der Waals surface area contributed by atoms with E-state index in [9.17, 15) is 4.79 Å². The highest BCUT2D eigenvalue weighted by molar-refractivity contribution is 6.31. The zero-order chi connectivity index (χ0) is 18.1. The number of nitrogens with one attached hydrogen (secondary N) is 2. The van der Waals surface area contributed by atoms with Gasteiger partial charge in [0, 0.05) is 29.0 Å². The SMILES string of the molecule is CCn1c(C(=O)Nc2ccc(NCC3CC3)nc2)cc2cc(Cl)ccc21. The Morgan fingerprint density at radius 2 is 2.12 bits per heavy atom. The number of amides is 1. The first-order chi connectivity index (χ1) is 12.6. The van der Waals surface area contributed by atoms with Crippen molar-refractivity contribution in [2.45, 2.75) is 26.3 Å². The molecule has 6 heteroatoms. The quantitative estimate of drug-likeness (QED) is 0.658. The van der Waals surface area contributed by atoms with E-state index in [1.807, 2.05) is 47.9 Å². The summed E-state index contributed by atoms with van der Waals surface area (Å²) in [5.74, 6) is 1.48. The number of anilines is 2. The van der Waals surface area contributed by atoms with E-state index in [1.54, 1.807) is 6.20 Å². The van der Waals surface area contributed by atoms with Gasteiger partial charge in [-0.15, -0.1) is 0 Å². The molecule has 134 valence electrons. The van der Waals surface area contributed by atoms with Crippen LogP contribution in [0, 0.1) is 5.92 Å². The van der Waals surface area contributed by atoms with E-state index in [4.69, 9.17) is 11.6 Å². The Morgan fingerprint density at radius 3 is 2.81 bits per heavy atom. The number of aryl methyl sites for hydroxylation is 1. The number of benzene rings is 1. The van der Waals surface area contributed by atoms with E-state index in [0.29, 0.717) is 22.9 Å². The summed E-state index contributed by atoms with van der Waals surface area (Å²) in [6, 6.07) is 11.3. The van der Waals surface area contributed by atoms with Crippen LogP contribution in [0.3, 0.4) is 0 Å². The van der Waals surface area contributed by atoms with Gasteiger partial charge in [0.2, 0.25) is 0 Å². The first-order valence-electron chi connectivity index (χ1n) is 8.94. The topological polar surface area (TPSA) is 59.0 Å². The van der Waals surface area contributed by atoms with Crippen molar-refractivity contribution < 1.29 is 4.79 Å². The summed E-state index contributed by atoms with van der Waals surface area (Å²) in [6.45, 7) is 3.70. The molecule has 2 heterocycles. The summed E-state index contributed by atoms with van der Waals surface area (Å²) in [5.41, 5.74) is 2.29. The minimum atomic E-state index is -0.153. The molecule has 2 N–H and O–H groups in total. The Hall–Kier alpha value is -2.53. The smallest absolute Gasteiger partial charge is 0.272 e. The lowest BCUT2D eigenvalue weighted by Crippen LogP contribution is -2.16. The number of hydrogen-bond acceptors (Lipinski definition) is 3. The highest BCUT2D eigenvalue weighted by Gasteiger charge is 2.20. The largest absolute Gasteiger partial charge is 0.370 e. The monoisotopic (exact) mass is 368 g/mol. The van der Waals surface area contributed by atoms with Crippen LogP contribution in [0.1, 0.15) is 30.3 Å². The molecule has 0 spiro atoms. The third kappa shape index (κ3) is 3.53. The molecule has 26 heavy (non-hydrogen) atoms. The van der Waals surface area contributed by atoms with Gasteiger partial charge in [0.05, 0.1) is 11.9 Å². The van der Waals surface area contributed by atoms with E-state index in [2.05, 4.69) is 15.6 Å². The third-order valence-corrected chi connectivity index (χ3v) is 4.94. The number of aromatic nitrogens is 2. The number of pyridine rings is 1. The Morgan fingerprint density at radius 1 is 1.27 bits per heavy atom. The number of halogens is 1. The molecule has 0 atom stereocenters. The molecular weight excluding hydrogens is 348 g/mol. The fraction of sp³-hybridized carbons (Fsp3) is 0.300. The van der Waals surface area contributed by atoms with E-state index in [1.165, 1.54) is 12.8 Å². The molecule has 0 saturated heterocycles. The molecule has 0 radical (unpaired) electrons. The Balaban J connectivity index is 1.51. The van der Waals surface area contributed by atoms with Gasteiger partial charge >= 0.3 is 0 Å². The van der Waals surface area contributed by atoms with Gasteiger partial charge in [0.15, 0.2) is 0 Å². The van der Waals surface area contributed by atoms with Crippen LogP contribution in [0.15, 0.2) is 42.6 Å². The van der Waals surface area contributed by atoms with Crippen molar-refractivity contribution in [1.29, 1.82) is 0 Å². The molecule has 4 rings (SSSR count). The second-order valence-corrected chi connectivity index (χ2v) is 7.12. The molecule has 1 aromatic carbocycles. The second-order valence-electron chi connectivity index (χ2n) is 6.69. The van der Waals surface area contributed by atoms with Gasteiger partial charge in [-0.25, -0.2) is 4.98 Å². The maximum absolute atomic E-state index is 12.7. The van der Waals surface area contributed by atoms with Crippen LogP contribution in [-0.2, 0) is 6.54 Å². The molecule has 1 aliphatic carbocycles. The predicted molar refractivity (Wildman–Crippen MR) is 106 cm³/mol. The van der Waals surface area contributed by atoms with Crippen LogP contribution >= 0.6 is 11.6 Å². The minimum absolute atomic E-state index is 0.153. The van der Waals surface area contributed by atoms with Gasteiger partial charge < -0.3 is 15.2 Å². The number of nitrogens with zero attached hydrogens (tertiary/aromatic N) is 2. The lowest BCUT2D eigenvalue weighted by Gasteiger charge is -2.10. The summed E-state index contributed by atoms with van der Waals surface area (Å²) in [6.07, 6.45) is 4.29. The Bertz CT molecular complexity index is 944. The fourth-order valence-electron chi connectivity index (χ4n) is 3.11. The highest BCUT2D eigenvalue weighted by Crippen LogP contribution is 2.29. The van der Waals surface area contributed by atoms with Crippen LogP contribution in [0.4, 0.5) is 11.5 Å². The number of rotatable bonds is 6. The van der Waals surface area contributed by atoms with Gasteiger partial charge in [-0.2, -0.15) is 0 Å². The highest BCUT2D eigenvalue weighted by atomic mass is 35.5. The molecule has 1 aliphatic rings. The molecule has 0 aliphatic heterocycles. The van der Waals surface area contributed by atoms with E-state index in [-0.39, 0.29) is 5.91 Å². The maximum atomic E-state index is 12.7. The second kappa shape index (κ2) is 7.00. The standard InChI is InChI=1S/C20H21ClN4O/c1-2-25-17-7-5-15(21)9-14(17)10-18(25)20(26)24-16-6-8-19(23-12-16)22-11-13-3-4-13/h5-10,12-13H,2-4,11H2,1H3,(H,22,23)(H,24,26). The third-order valence-electron chi connectivity index (χ3n) is 4.70. The van der Waals surface area contributed by atoms with Gasteiger partial charge in [-0.1, -0.05) is 11.6 Å². The summed E-state index contributed by atoms with van der Waals surface area (Å²) >= 11 is 6.07. The van der Waals surface area contributed by atoms with Crippen LogP contribution in [0.25, 0.3) is 10.9 Å². The van der Waals surface area contributed by atoms with Crippen molar-refractivity contribution in [3.8, 4) is 0 Å². The number of carbonyl (C=O) groups is 1. The van der Waals surface area contributed by atoms with Crippen molar-refractivity contribution in [1.82, 2.24) is 9.55 Å². The average Bonchev–Trinajstić information content (AvgIpc) is 3.40. The van der Waals surface area contributed by atoms with Crippen LogP contribution < -0.4 is 10.6 Å². The molecule has 1 saturated carbocycles. The Labute approximate surface area is 157 Å². The lowest BCUT2D eigenvalue weighted by atomic mass is 10.2. The summed E-state index contributed by atoms with van der Waals surface area (Å²) in [5, 5.41) is 7.87. The summed E-state index contributed by atoms with van der Waals surface area (Å²) in [4.78, 5) is 17.1. The van der Waals surface area contributed by atoms with Crippen molar-refractivity contribution in [3.05, 3.63) is 53.3 Å². The first-order valence-corrected chi connectivity index (χ1v) is 9.32. The lowest BCUT2D eigenvalue weighted by molar-refractivity contribution is 0.101. The molecule has 3 aromatic rings. The average molecular weight is 369 g/mol. The van der Waals surface area contributed by atoms with Crippen LogP contribution in [0.2, 0.25) is 5.02 Å². The van der Waals surface area contributed by atoms with Crippen molar-refractivity contribution in [2.75, 3.05) is 17.2 Å². The van der Waals surface area contributed by atoms with Crippen molar-refractivity contribution in [3.63, 3.8) is 0 Å².